The first kappa shape index (κ1) is 13.7. The number of rotatable bonds is 2. The van der Waals surface area contributed by atoms with Crippen molar-refractivity contribution in [3.63, 3.8) is 0 Å². The molecule has 0 saturated carbocycles. The van der Waals surface area contributed by atoms with Gasteiger partial charge in [-0.3, -0.25) is 9.67 Å². The zero-order valence-electron chi connectivity index (χ0n) is 12.0. The van der Waals surface area contributed by atoms with Crippen molar-refractivity contribution < 1.29 is 0 Å². The fraction of sp³-hybridized carbons (Fsp3) is 0.200. The monoisotopic (exact) mass is 299 g/mol. The van der Waals surface area contributed by atoms with Crippen molar-refractivity contribution in [2.24, 2.45) is 7.05 Å². The normalized spacial score (nSPS) is 10.9. The first-order valence-corrected chi connectivity index (χ1v) is 6.88. The van der Waals surface area contributed by atoms with Gasteiger partial charge in [-0.1, -0.05) is 11.6 Å². The minimum atomic E-state index is 0.408. The highest BCUT2D eigenvalue weighted by atomic mass is 35.5. The van der Waals surface area contributed by atoms with Crippen LogP contribution in [0.25, 0.3) is 22.6 Å². The first-order valence-electron chi connectivity index (χ1n) is 6.50. The molecular weight excluding hydrogens is 286 g/mol. The summed E-state index contributed by atoms with van der Waals surface area (Å²) in [6.45, 7) is 3.89. The minimum Gasteiger partial charge on any atom is -0.275 e. The van der Waals surface area contributed by atoms with Gasteiger partial charge in [-0.05, 0) is 26.0 Å². The molecule has 5 nitrogen and oxygen atoms in total. The smallest absolute Gasteiger partial charge is 0.161 e. The molecular formula is C15H14ClN5. The van der Waals surface area contributed by atoms with E-state index in [-0.39, 0.29) is 0 Å². The van der Waals surface area contributed by atoms with E-state index >= 15 is 0 Å². The van der Waals surface area contributed by atoms with Gasteiger partial charge < -0.3 is 0 Å². The third-order valence-electron chi connectivity index (χ3n) is 3.04. The van der Waals surface area contributed by atoms with Crippen LogP contribution >= 0.6 is 11.6 Å². The van der Waals surface area contributed by atoms with Gasteiger partial charge in [0, 0.05) is 41.8 Å². The number of aromatic nitrogens is 5. The minimum absolute atomic E-state index is 0.408. The maximum absolute atomic E-state index is 6.14. The quantitative estimate of drug-likeness (QED) is 0.682. The maximum atomic E-state index is 6.14. The summed E-state index contributed by atoms with van der Waals surface area (Å²) in [6, 6.07) is 5.64. The maximum Gasteiger partial charge on any atom is 0.161 e. The summed E-state index contributed by atoms with van der Waals surface area (Å²) in [4.78, 5) is 13.3. The van der Waals surface area contributed by atoms with E-state index in [9.17, 15) is 0 Å². The van der Waals surface area contributed by atoms with Crippen LogP contribution in [0.5, 0.6) is 0 Å². The molecule has 3 aromatic rings. The van der Waals surface area contributed by atoms with Crippen molar-refractivity contribution in [1.29, 1.82) is 0 Å². The van der Waals surface area contributed by atoms with Crippen LogP contribution in [0.2, 0.25) is 5.15 Å². The average Bonchev–Trinajstić information content (AvgIpc) is 2.83. The third kappa shape index (κ3) is 2.92. The predicted molar refractivity (Wildman–Crippen MR) is 81.9 cm³/mol. The third-order valence-corrected chi connectivity index (χ3v) is 3.23. The molecule has 0 amide bonds. The Balaban J connectivity index is 2.13. The van der Waals surface area contributed by atoms with Crippen LogP contribution in [0.3, 0.4) is 0 Å². The highest BCUT2D eigenvalue weighted by Gasteiger charge is 2.10. The second-order valence-corrected chi connectivity index (χ2v) is 5.33. The summed E-state index contributed by atoms with van der Waals surface area (Å²) in [5.74, 6) is 0.593. The van der Waals surface area contributed by atoms with E-state index in [1.165, 1.54) is 0 Å². The highest BCUT2D eigenvalue weighted by molar-refractivity contribution is 6.29. The lowest BCUT2D eigenvalue weighted by atomic mass is 10.1. The van der Waals surface area contributed by atoms with Crippen molar-refractivity contribution >= 4 is 11.6 Å². The molecule has 3 rings (SSSR count). The molecule has 3 aromatic heterocycles. The summed E-state index contributed by atoms with van der Waals surface area (Å²) in [6.07, 6.45) is 3.65. The molecule has 0 fully saturated rings. The Bertz CT molecular complexity index is 789. The molecule has 3 heterocycles. The van der Waals surface area contributed by atoms with Gasteiger partial charge in [0.2, 0.25) is 0 Å². The molecule has 0 aliphatic carbocycles. The SMILES string of the molecule is Cc1cc(-c2nc(Cl)cc(-c3cnn(C)c3)n2)cc(C)n1. The summed E-state index contributed by atoms with van der Waals surface area (Å²) in [5, 5.41) is 4.56. The summed E-state index contributed by atoms with van der Waals surface area (Å²) < 4.78 is 1.73. The van der Waals surface area contributed by atoms with Crippen molar-refractivity contribution in [1.82, 2.24) is 24.7 Å². The molecule has 0 aliphatic heterocycles. The first-order chi connectivity index (χ1) is 10.0. The van der Waals surface area contributed by atoms with Crippen LogP contribution in [0.4, 0.5) is 0 Å². The predicted octanol–water partition coefficient (Wildman–Crippen LogP) is 3.21. The Hall–Kier alpha value is -2.27. The molecule has 0 radical (unpaired) electrons. The van der Waals surface area contributed by atoms with Gasteiger partial charge in [0.25, 0.3) is 0 Å². The van der Waals surface area contributed by atoms with E-state index in [4.69, 9.17) is 11.6 Å². The van der Waals surface area contributed by atoms with Crippen LogP contribution in [-0.2, 0) is 7.05 Å². The number of aryl methyl sites for hydroxylation is 3. The molecule has 0 spiro atoms. The number of hydrogen-bond acceptors (Lipinski definition) is 4. The van der Waals surface area contributed by atoms with Crippen molar-refractivity contribution in [3.8, 4) is 22.6 Å². The largest absolute Gasteiger partial charge is 0.275 e. The van der Waals surface area contributed by atoms with Gasteiger partial charge >= 0.3 is 0 Å². The van der Waals surface area contributed by atoms with Gasteiger partial charge in [-0.2, -0.15) is 5.10 Å². The zero-order chi connectivity index (χ0) is 15.0. The number of nitrogens with zero attached hydrogens (tertiary/aromatic N) is 5. The lowest BCUT2D eigenvalue weighted by Gasteiger charge is -2.06. The lowest BCUT2D eigenvalue weighted by molar-refractivity contribution is 0.768. The summed E-state index contributed by atoms with van der Waals surface area (Å²) >= 11 is 6.14. The van der Waals surface area contributed by atoms with E-state index in [0.29, 0.717) is 11.0 Å². The van der Waals surface area contributed by atoms with Crippen LogP contribution in [0, 0.1) is 13.8 Å². The zero-order valence-corrected chi connectivity index (χ0v) is 12.8. The van der Waals surface area contributed by atoms with Gasteiger partial charge in [0.1, 0.15) is 5.15 Å². The average molecular weight is 300 g/mol. The summed E-state index contributed by atoms with van der Waals surface area (Å²) in [5.41, 5.74) is 4.43. The Morgan fingerprint density at radius 1 is 0.952 bits per heavy atom. The van der Waals surface area contributed by atoms with E-state index in [0.717, 1.165) is 28.2 Å². The molecule has 0 bridgehead atoms. The van der Waals surface area contributed by atoms with Gasteiger partial charge in [0.15, 0.2) is 5.82 Å². The van der Waals surface area contributed by atoms with Gasteiger partial charge in [-0.25, -0.2) is 9.97 Å². The molecule has 0 aromatic carbocycles. The lowest BCUT2D eigenvalue weighted by Crippen LogP contribution is -1.95. The standard InChI is InChI=1S/C15H14ClN5/c1-9-4-11(5-10(2)18-9)15-19-13(6-14(16)20-15)12-7-17-21(3)8-12/h4-8H,1-3H3. The van der Waals surface area contributed by atoms with Crippen LogP contribution in [-0.4, -0.2) is 24.7 Å². The van der Waals surface area contributed by atoms with Crippen LogP contribution in [0.1, 0.15) is 11.4 Å². The second-order valence-electron chi connectivity index (χ2n) is 4.94. The summed E-state index contributed by atoms with van der Waals surface area (Å²) in [7, 11) is 1.86. The fourth-order valence-corrected chi connectivity index (χ4v) is 2.40. The topological polar surface area (TPSA) is 56.5 Å². The van der Waals surface area contributed by atoms with Crippen molar-refractivity contribution in [2.45, 2.75) is 13.8 Å². The van der Waals surface area contributed by atoms with E-state index in [2.05, 4.69) is 20.1 Å². The van der Waals surface area contributed by atoms with E-state index in [1.54, 1.807) is 16.9 Å². The van der Waals surface area contributed by atoms with Crippen LogP contribution in [0.15, 0.2) is 30.6 Å². The molecule has 106 valence electrons. The molecule has 0 saturated heterocycles. The van der Waals surface area contributed by atoms with E-state index < -0.39 is 0 Å². The van der Waals surface area contributed by atoms with Crippen LogP contribution < -0.4 is 0 Å². The van der Waals surface area contributed by atoms with Gasteiger partial charge in [0.05, 0.1) is 11.9 Å². The van der Waals surface area contributed by atoms with E-state index in [1.807, 2.05) is 39.2 Å². The number of pyridine rings is 1. The number of halogens is 1. The Morgan fingerprint density at radius 3 is 2.29 bits per heavy atom. The Morgan fingerprint density at radius 2 is 1.67 bits per heavy atom. The molecule has 21 heavy (non-hydrogen) atoms. The molecule has 0 aliphatic rings. The fourth-order valence-electron chi connectivity index (χ4n) is 2.21. The molecule has 0 unspecified atom stereocenters. The molecule has 0 N–H and O–H groups in total. The Labute approximate surface area is 127 Å². The number of hydrogen-bond donors (Lipinski definition) is 0. The Kier molecular flexibility index (Phi) is 3.43. The van der Waals surface area contributed by atoms with Crippen molar-refractivity contribution in [3.05, 3.63) is 47.1 Å². The van der Waals surface area contributed by atoms with Gasteiger partial charge in [-0.15, -0.1) is 0 Å². The highest BCUT2D eigenvalue weighted by Crippen LogP contribution is 2.24. The second kappa shape index (κ2) is 5.26. The molecule has 0 atom stereocenters. The van der Waals surface area contributed by atoms with Crippen molar-refractivity contribution in [2.75, 3.05) is 0 Å². The molecule has 6 heteroatoms.